The molecule has 0 bridgehead atoms. The van der Waals surface area contributed by atoms with Crippen molar-refractivity contribution in [3.05, 3.63) is 59.7 Å². The van der Waals surface area contributed by atoms with Crippen LogP contribution < -0.4 is 14.8 Å². The first-order chi connectivity index (χ1) is 11.3. The van der Waals surface area contributed by atoms with Crippen molar-refractivity contribution in [1.29, 1.82) is 5.26 Å². The van der Waals surface area contributed by atoms with Crippen LogP contribution in [-0.2, 0) is 4.79 Å². The molecule has 1 N–H and O–H groups in total. The van der Waals surface area contributed by atoms with Crippen molar-refractivity contribution in [2.24, 2.45) is 0 Å². The van der Waals surface area contributed by atoms with Crippen molar-refractivity contribution >= 4 is 17.7 Å². The van der Waals surface area contributed by atoms with Gasteiger partial charge in [0.15, 0.2) is 11.5 Å². The minimum Gasteiger partial charge on any atom is -0.486 e. The first-order valence-electron chi connectivity index (χ1n) is 7.14. The lowest BCUT2D eigenvalue weighted by Crippen LogP contribution is -2.17. The molecule has 0 saturated heterocycles. The highest BCUT2D eigenvalue weighted by Gasteiger charge is 2.14. The predicted octanol–water partition coefficient (Wildman–Crippen LogP) is 3.00. The standard InChI is InChI=1S/C18H14N2O3/c19-12-14(10-13-4-2-1-3-5-13)18(21)20-15-6-7-16-17(11-15)23-9-8-22-16/h1-7,10-11H,8-9H2,(H,20,21)/b14-10-. The molecule has 1 amide bonds. The maximum absolute atomic E-state index is 12.2. The molecule has 0 aliphatic carbocycles. The van der Waals surface area contributed by atoms with Gasteiger partial charge in [0.1, 0.15) is 24.9 Å². The van der Waals surface area contributed by atoms with Gasteiger partial charge in [-0.05, 0) is 23.8 Å². The number of rotatable bonds is 3. The molecule has 1 aliphatic rings. The normalized spacial score (nSPS) is 13.1. The number of hydrogen-bond donors (Lipinski definition) is 1. The predicted molar refractivity (Wildman–Crippen MR) is 86.1 cm³/mol. The summed E-state index contributed by atoms with van der Waals surface area (Å²) in [4.78, 5) is 12.2. The van der Waals surface area contributed by atoms with Crippen LogP contribution in [0.25, 0.3) is 6.08 Å². The Balaban J connectivity index is 1.78. The molecule has 2 aromatic carbocycles. The van der Waals surface area contributed by atoms with E-state index in [1.54, 1.807) is 24.3 Å². The molecule has 3 rings (SSSR count). The maximum Gasteiger partial charge on any atom is 0.266 e. The molecule has 5 heteroatoms. The Morgan fingerprint density at radius 1 is 1.09 bits per heavy atom. The summed E-state index contributed by atoms with van der Waals surface area (Å²) < 4.78 is 10.9. The average Bonchev–Trinajstić information content (AvgIpc) is 2.60. The van der Waals surface area contributed by atoms with E-state index in [0.29, 0.717) is 30.4 Å². The number of carbonyl (C=O) groups excluding carboxylic acids is 1. The summed E-state index contributed by atoms with van der Waals surface area (Å²) in [5.41, 5.74) is 1.38. The van der Waals surface area contributed by atoms with Gasteiger partial charge in [0.25, 0.3) is 5.91 Å². The van der Waals surface area contributed by atoms with E-state index in [-0.39, 0.29) is 5.57 Å². The minimum atomic E-state index is -0.465. The fourth-order valence-corrected chi connectivity index (χ4v) is 2.18. The van der Waals surface area contributed by atoms with Crippen LogP contribution in [0.4, 0.5) is 5.69 Å². The van der Waals surface area contributed by atoms with Crippen molar-refractivity contribution < 1.29 is 14.3 Å². The average molecular weight is 306 g/mol. The Hall–Kier alpha value is -3.26. The first kappa shape index (κ1) is 14.7. The third-order valence-electron chi connectivity index (χ3n) is 3.28. The Bertz CT molecular complexity index is 792. The van der Waals surface area contributed by atoms with Gasteiger partial charge in [0.05, 0.1) is 0 Å². The summed E-state index contributed by atoms with van der Waals surface area (Å²) in [6.07, 6.45) is 1.55. The fraction of sp³-hybridized carbons (Fsp3) is 0.111. The van der Waals surface area contributed by atoms with Gasteiger partial charge in [-0.3, -0.25) is 4.79 Å². The number of ether oxygens (including phenoxy) is 2. The van der Waals surface area contributed by atoms with E-state index in [2.05, 4.69) is 5.32 Å². The van der Waals surface area contributed by atoms with Crippen molar-refractivity contribution in [2.45, 2.75) is 0 Å². The highest BCUT2D eigenvalue weighted by atomic mass is 16.6. The molecule has 2 aromatic rings. The molecular weight excluding hydrogens is 292 g/mol. The van der Waals surface area contributed by atoms with Gasteiger partial charge in [0, 0.05) is 11.8 Å². The highest BCUT2D eigenvalue weighted by molar-refractivity contribution is 6.09. The molecule has 114 valence electrons. The molecule has 0 radical (unpaired) electrons. The van der Waals surface area contributed by atoms with Gasteiger partial charge in [-0.1, -0.05) is 30.3 Å². The van der Waals surface area contributed by atoms with Gasteiger partial charge in [-0.15, -0.1) is 0 Å². The monoisotopic (exact) mass is 306 g/mol. The van der Waals surface area contributed by atoms with E-state index in [1.165, 1.54) is 0 Å². The summed E-state index contributed by atoms with van der Waals surface area (Å²) in [7, 11) is 0. The summed E-state index contributed by atoms with van der Waals surface area (Å²) in [6.45, 7) is 0.985. The maximum atomic E-state index is 12.2. The third kappa shape index (κ3) is 3.50. The molecule has 0 unspecified atom stereocenters. The molecule has 23 heavy (non-hydrogen) atoms. The SMILES string of the molecule is N#C/C(=C/c1ccccc1)C(=O)Nc1ccc2c(c1)OCCO2. The number of nitriles is 1. The van der Waals surface area contributed by atoms with E-state index in [4.69, 9.17) is 9.47 Å². The van der Waals surface area contributed by atoms with Gasteiger partial charge in [-0.2, -0.15) is 5.26 Å². The molecule has 0 aromatic heterocycles. The second kappa shape index (κ2) is 6.67. The number of benzene rings is 2. The van der Waals surface area contributed by atoms with E-state index in [1.807, 2.05) is 36.4 Å². The van der Waals surface area contributed by atoms with Crippen LogP contribution in [0.5, 0.6) is 11.5 Å². The largest absolute Gasteiger partial charge is 0.486 e. The van der Waals surface area contributed by atoms with Crippen molar-refractivity contribution in [3.8, 4) is 17.6 Å². The Kier molecular flexibility index (Phi) is 4.25. The van der Waals surface area contributed by atoms with Crippen LogP contribution >= 0.6 is 0 Å². The number of anilines is 1. The lowest BCUT2D eigenvalue weighted by Gasteiger charge is -2.18. The van der Waals surface area contributed by atoms with E-state index >= 15 is 0 Å². The molecule has 5 nitrogen and oxygen atoms in total. The Morgan fingerprint density at radius 2 is 1.83 bits per heavy atom. The summed E-state index contributed by atoms with van der Waals surface area (Å²) in [6, 6.07) is 16.3. The zero-order chi connectivity index (χ0) is 16.1. The number of amides is 1. The molecule has 1 heterocycles. The van der Waals surface area contributed by atoms with Crippen LogP contribution in [0, 0.1) is 11.3 Å². The minimum absolute atomic E-state index is 0.0334. The molecule has 0 spiro atoms. The van der Waals surface area contributed by atoms with Gasteiger partial charge < -0.3 is 14.8 Å². The fourth-order valence-electron chi connectivity index (χ4n) is 2.18. The lowest BCUT2D eigenvalue weighted by molar-refractivity contribution is -0.112. The van der Waals surface area contributed by atoms with Crippen molar-refractivity contribution in [1.82, 2.24) is 0 Å². The number of nitrogens with zero attached hydrogens (tertiary/aromatic N) is 1. The molecule has 1 aliphatic heterocycles. The zero-order valence-electron chi connectivity index (χ0n) is 12.3. The second-order valence-corrected chi connectivity index (χ2v) is 4.89. The van der Waals surface area contributed by atoms with Crippen molar-refractivity contribution in [2.75, 3.05) is 18.5 Å². The van der Waals surface area contributed by atoms with Gasteiger partial charge >= 0.3 is 0 Å². The van der Waals surface area contributed by atoms with E-state index in [0.717, 1.165) is 5.56 Å². The van der Waals surface area contributed by atoms with Crippen LogP contribution in [0.2, 0.25) is 0 Å². The van der Waals surface area contributed by atoms with E-state index in [9.17, 15) is 10.1 Å². The number of fused-ring (bicyclic) bond motifs is 1. The molecule has 0 atom stereocenters. The van der Waals surface area contributed by atoms with Crippen LogP contribution in [0.3, 0.4) is 0 Å². The highest BCUT2D eigenvalue weighted by Crippen LogP contribution is 2.32. The molecule has 0 fully saturated rings. The summed E-state index contributed by atoms with van der Waals surface area (Å²) >= 11 is 0. The Morgan fingerprint density at radius 3 is 2.57 bits per heavy atom. The summed E-state index contributed by atoms with van der Waals surface area (Å²) in [5.74, 6) is 0.766. The molecule has 0 saturated carbocycles. The molecular formula is C18H14N2O3. The number of hydrogen-bond acceptors (Lipinski definition) is 4. The number of nitrogens with one attached hydrogen (secondary N) is 1. The topological polar surface area (TPSA) is 71.4 Å². The van der Waals surface area contributed by atoms with Crippen LogP contribution in [0.15, 0.2) is 54.1 Å². The van der Waals surface area contributed by atoms with Gasteiger partial charge in [0.2, 0.25) is 0 Å². The number of carbonyl (C=O) groups is 1. The quantitative estimate of drug-likeness (QED) is 0.699. The summed E-state index contributed by atoms with van der Waals surface area (Å²) in [5, 5.41) is 11.9. The van der Waals surface area contributed by atoms with Crippen molar-refractivity contribution in [3.63, 3.8) is 0 Å². The lowest BCUT2D eigenvalue weighted by atomic mass is 10.1. The van der Waals surface area contributed by atoms with Crippen LogP contribution in [-0.4, -0.2) is 19.1 Å². The second-order valence-electron chi connectivity index (χ2n) is 4.89. The smallest absolute Gasteiger partial charge is 0.266 e. The zero-order valence-corrected chi connectivity index (χ0v) is 12.3. The van der Waals surface area contributed by atoms with E-state index < -0.39 is 5.91 Å². The third-order valence-corrected chi connectivity index (χ3v) is 3.28. The van der Waals surface area contributed by atoms with Crippen LogP contribution in [0.1, 0.15) is 5.56 Å². The Labute approximate surface area is 133 Å². The first-order valence-corrected chi connectivity index (χ1v) is 7.14. The van der Waals surface area contributed by atoms with Gasteiger partial charge in [-0.25, -0.2) is 0 Å².